The van der Waals surface area contributed by atoms with Crippen LogP contribution in [-0.4, -0.2) is 71.4 Å². The summed E-state index contributed by atoms with van der Waals surface area (Å²) in [6, 6.07) is 4.53. The average Bonchev–Trinajstić information content (AvgIpc) is 3.57. The van der Waals surface area contributed by atoms with Crippen molar-refractivity contribution >= 4 is 52.1 Å². The molecule has 1 aliphatic rings. The van der Waals surface area contributed by atoms with Crippen molar-refractivity contribution in [1.29, 1.82) is 0 Å². The summed E-state index contributed by atoms with van der Waals surface area (Å²) in [6.45, 7) is 2.86. The van der Waals surface area contributed by atoms with Crippen molar-refractivity contribution < 1.29 is 65.6 Å². The fraction of sp³-hybridized carbons (Fsp3) is 0.423. The molecule has 25 heteroatoms. The molecule has 3 heterocycles. The van der Waals surface area contributed by atoms with Crippen LogP contribution in [0.3, 0.4) is 0 Å². The largest absolute Gasteiger partial charge is 0.490 e. The maximum absolute atomic E-state index is 12.5. The Kier molecular flexibility index (Phi) is 12.7. The van der Waals surface area contributed by atoms with E-state index in [4.69, 9.17) is 29.5 Å². The first-order valence-corrected chi connectivity index (χ1v) is 19.2. The second kappa shape index (κ2) is 16.3. The molecule has 0 radical (unpaired) electrons. The Morgan fingerprint density at radius 3 is 2.61 bits per heavy atom. The van der Waals surface area contributed by atoms with Gasteiger partial charge in [0.25, 0.3) is 5.69 Å². The molecule has 0 bridgehead atoms. The van der Waals surface area contributed by atoms with E-state index in [9.17, 15) is 38.4 Å². The normalized spacial score (nSPS) is 20.5. The van der Waals surface area contributed by atoms with Crippen LogP contribution >= 0.6 is 23.5 Å². The first kappa shape index (κ1) is 40.0. The number of carbonyl (C=O) groups excluding carboxylic acids is 1. The highest BCUT2D eigenvalue weighted by molar-refractivity contribution is 7.66. The van der Waals surface area contributed by atoms with Crippen molar-refractivity contribution in [3.63, 3.8) is 0 Å². The third-order valence-electron chi connectivity index (χ3n) is 7.24. The number of benzene rings is 1. The lowest BCUT2D eigenvalue weighted by molar-refractivity contribution is -0.386. The molecule has 0 saturated carbocycles. The molecule has 51 heavy (non-hydrogen) atoms. The Hall–Kier alpha value is -3.80. The molecule has 1 amide bonds. The number of rotatable bonds is 14. The fourth-order valence-corrected chi connectivity index (χ4v) is 8.10. The number of nitrogens with zero attached hydrogens (tertiary/aromatic N) is 4. The highest BCUT2D eigenvalue weighted by Gasteiger charge is 2.42. The number of amides is 1. The van der Waals surface area contributed by atoms with Crippen LogP contribution in [0, 0.1) is 27.9 Å². The maximum Gasteiger partial charge on any atom is 0.490 e. The molecular weight excluding hydrogens is 743 g/mol. The minimum absolute atomic E-state index is 0.0848. The fourth-order valence-electron chi connectivity index (χ4n) is 5.07. The van der Waals surface area contributed by atoms with E-state index in [1.807, 2.05) is 0 Å². The third-order valence-corrected chi connectivity index (χ3v) is 11.0. The van der Waals surface area contributed by atoms with Gasteiger partial charge in [-0.15, -0.1) is 0 Å². The predicted molar refractivity (Wildman–Crippen MR) is 175 cm³/mol. The van der Waals surface area contributed by atoms with Gasteiger partial charge in [-0.05, 0) is 37.9 Å². The molecule has 0 spiro atoms. The molecule has 4 rings (SSSR count). The molecule has 1 fully saturated rings. The van der Waals surface area contributed by atoms with E-state index >= 15 is 0 Å². The summed E-state index contributed by atoms with van der Waals surface area (Å²) in [5, 5.41) is 17.3. The Bertz CT molecular complexity index is 1990. The number of nitro benzene ring substituents is 1. The summed E-state index contributed by atoms with van der Waals surface area (Å²) in [5.74, 6) is 5.40. The standard InChI is InChI=1S/C26H34N7O15P3/c1-15-9-22(46-21(15)13-44-50(40,41)48-51(42,43)47-49(37,38)39)32-12-18(23-24(27)30-14-31-25(23)32)5-4-8-29-26(34)45-16(2)19-10-17(11-28-3)6-7-20(19)33(35)36/h6-7,10,12,14-16,21-22,28H,8-9,11,13H2,1-3H3,(H,29,34)(H,40,41)(H,42,43)(H2,27,30,31)(H2,37,38,39)/t15-,16?,21-,22-/m1/s1. The molecule has 278 valence electrons. The number of anilines is 1. The van der Waals surface area contributed by atoms with Crippen LogP contribution in [0.15, 0.2) is 30.7 Å². The number of aromatic nitrogens is 3. The number of carbonyl (C=O) groups is 1. The lowest BCUT2D eigenvalue weighted by Gasteiger charge is -2.20. The Balaban J connectivity index is 1.42. The molecule has 6 atom stereocenters. The number of phosphoric ester groups is 1. The molecule has 1 aromatic carbocycles. The SMILES string of the molecule is CNCc1ccc([N+](=O)[O-])c(C(C)OC(=O)NCC#Cc2cn([C@H]3C[C@@H](C)[C@@H](COP(=O)(O)OP(=O)(O)OP(=O)(O)O)O3)c3ncnc(N)c23)c1. The molecule has 2 aromatic heterocycles. The summed E-state index contributed by atoms with van der Waals surface area (Å²) in [4.78, 5) is 68.3. The monoisotopic (exact) mass is 777 g/mol. The molecule has 1 aliphatic heterocycles. The Morgan fingerprint density at radius 1 is 1.22 bits per heavy atom. The number of alkyl carbamates (subject to hydrolysis) is 1. The van der Waals surface area contributed by atoms with E-state index < -0.39 is 59.5 Å². The zero-order chi connectivity index (χ0) is 37.7. The molecule has 0 aliphatic carbocycles. The number of fused-ring (bicyclic) bond motifs is 1. The van der Waals surface area contributed by atoms with E-state index in [1.54, 1.807) is 36.9 Å². The van der Waals surface area contributed by atoms with Gasteiger partial charge >= 0.3 is 29.6 Å². The summed E-state index contributed by atoms with van der Waals surface area (Å²) in [6.07, 6.45) is -0.347. The van der Waals surface area contributed by atoms with Crippen LogP contribution in [0.25, 0.3) is 11.0 Å². The number of ether oxygens (including phenoxy) is 2. The second-order valence-corrected chi connectivity index (χ2v) is 15.4. The number of nitrogens with one attached hydrogen (secondary N) is 2. The van der Waals surface area contributed by atoms with Gasteiger partial charge in [0.2, 0.25) is 0 Å². The van der Waals surface area contributed by atoms with E-state index in [0.29, 0.717) is 29.6 Å². The highest BCUT2D eigenvalue weighted by atomic mass is 31.3. The number of hydrogen-bond acceptors (Lipinski definition) is 15. The first-order chi connectivity index (χ1) is 23.8. The zero-order valence-electron chi connectivity index (χ0n) is 27.0. The molecule has 22 nitrogen and oxygen atoms in total. The summed E-state index contributed by atoms with van der Waals surface area (Å²) < 4.78 is 59.8. The van der Waals surface area contributed by atoms with Gasteiger partial charge < -0.3 is 50.0 Å². The van der Waals surface area contributed by atoms with Crippen molar-refractivity contribution in [1.82, 2.24) is 25.2 Å². The number of phosphoric acid groups is 3. The van der Waals surface area contributed by atoms with Crippen LogP contribution in [0.2, 0.25) is 0 Å². The minimum Gasteiger partial charge on any atom is -0.441 e. The van der Waals surface area contributed by atoms with E-state index in [0.717, 1.165) is 5.56 Å². The maximum atomic E-state index is 12.5. The molecule has 8 N–H and O–H groups in total. The van der Waals surface area contributed by atoms with Gasteiger partial charge in [0.1, 0.15) is 30.1 Å². The summed E-state index contributed by atoms with van der Waals surface area (Å²) in [7, 11) is -14.9. The van der Waals surface area contributed by atoms with Crippen molar-refractivity contribution in [2.24, 2.45) is 5.92 Å². The smallest absolute Gasteiger partial charge is 0.441 e. The number of nitro groups is 1. The van der Waals surface area contributed by atoms with Crippen molar-refractivity contribution in [2.75, 3.05) is 25.9 Å². The van der Waals surface area contributed by atoms with E-state index in [2.05, 4.69) is 41.1 Å². The van der Waals surface area contributed by atoms with E-state index in [1.165, 1.54) is 19.3 Å². The zero-order valence-corrected chi connectivity index (χ0v) is 29.7. The van der Waals surface area contributed by atoms with Gasteiger partial charge in [-0.2, -0.15) is 8.62 Å². The van der Waals surface area contributed by atoms with Crippen LogP contribution in [0.4, 0.5) is 16.3 Å². The minimum atomic E-state index is -5.69. The predicted octanol–water partition coefficient (Wildman–Crippen LogP) is 2.75. The van der Waals surface area contributed by atoms with Crippen molar-refractivity contribution in [3.05, 3.63) is 57.5 Å². The number of nitrogen functional groups attached to an aromatic ring is 1. The Morgan fingerprint density at radius 2 is 1.94 bits per heavy atom. The van der Waals surface area contributed by atoms with Gasteiger partial charge in [-0.3, -0.25) is 14.6 Å². The molecular formula is C26H34N7O15P3. The van der Waals surface area contributed by atoms with Gasteiger partial charge in [0.15, 0.2) is 0 Å². The summed E-state index contributed by atoms with van der Waals surface area (Å²) >= 11 is 0. The van der Waals surface area contributed by atoms with Gasteiger partial charge in [-0.1, -0.05) is 24.8 Å². The highest BCUT2D eigenvalue weighted by Crippen LogP contribution is 2.66. The lowest BCUT2D eigenvalue weighted by Crippen LogP contribution is -2.26. The summed E-state index contributed by atoms with van der Waals surface area (Å²) in [5.41, 5.74) is 7.59. The van der Waals surface area contributed by atoms with Crippen molar-refractivity contribution in [3.8, 4) is 11.8 Å². The van der Waals surface area contributed by atoms with Crippen LogP contribution in [-0.2, 0) is 42.9 Å². The third kappa shape index (κ3) is 10.9. The van der Waals surface area contributed by atoms with Crippen LogP contribution in [0.1, 0.15) is 49.3 Å². The van der Waals surface area contributed by atoms with Gasteiger partial charge in [0, 0.05) is 18.8 Å². The Labute approximate surface area is 289 Å². The average molecular weight is 778 g/mol. The van der Waals surface area contributed by atoms with E-state index in [-0.39, 0.29) is 29.5 Å². The van der Waals surface area contributed by atoms with Gasteiger partial charge in [-0.25, -0.2) is 28.5 Å². The molecule has 3 unspecified atom stereocenters. The second-order valence-electron chi connectivity index (χ2n) is 11.0. The molecule has 3 aromatic rings. The quantitative estimate of drug-likeness (QED) is 0.0535. The number of nitrogens with two attached hydrogens (primary N) is 1. The number of hydrogen-bond donors (Lipinski definition) is 7. The topological polar surface area (TPSA) is 319 Å². The lowest BCUT2D eigenvalue weighted by atomic mass is 10.0. The molecule has 1 saturated heterocycles. The van der Waals surface area contributed by atoms with Crippen molar-refractivity contribution in [2.45, 2.75) is 45.2 Å². The van der Waals surface area contributed by atoms with Crippen LogP contribution in [0.5, 0.6) is 0 Å². The van der Waals surface area contributed by atoms with Crippen LogP contribution < -0.4 is 16.4 Å². The van der Waals surface area contributed by atoms with Gasteiger partial charge in [0.05, 0.1) is 40.7 Å². The first-order valence-electron chi connectivity index (χ1n) is 14.7.